The summed E-state index contributed by atoms with van der Waals surface area (Å²) in [5.41, 5.74) is 0.850. The quantitative estimate of drug-likeness (QED) is 0.805. The maximum Gasteiger partial charge on any atom is 0.352 e. The lowest BCUT2D eigenvalue weighted by Crippen LogP contribution is -2.24. The molecule has 1 fully saturated rings. The van der Waals surface area contributed by atoms with E-state index in [4.69, 9.17) is 0 Å². The summed E-state index contributed by atoms with van der Waals surface area (Å²) >= 11 is 1.46. The SMILES string of the molecule is Cc1csc(-n2cnn(CC3CC3)c2=O)n1. The van der Waals surface area contributed by atoms with Gasteiger partial charge in [-0.25, -0.2) is 19.0 Å². The zero-order valence-electron chi connectivity index (χ0n) is 8.96. The predicted octanol–water partition coefficient (Wildman–Crippen LogP) is 1.21. The summed E-state index contributed by atoms with van der Waals surface area (Å²) in [6, 6.07) is 0. The van der Waals surface area contributed by atoms with E-state index in [0.29, 0.717) is 11.0 Å². The standard InChI is InChI=1S/C10H12N4OS/c1-7-5-16-9(12-7)13-6-11-14(10(13)15)4-8-2-3-8/h5-6,8H,2-4H2,1H3. The van der Waals surface area contributed by atoms with Gasteiger partial charge >= 0.3 is 5.69 Å². The first-order chi connectivity index (χ1) is 7.74. The van der Waals surface area contributed by atoms with Crippen molar-refractivity contribution in [1.82, 2.24) is 19.3 Å². The Balaban J connectivity index is 1.95. The van der Waals surface area contributed by atoms with Crippen molar-refractivity contribution >= 4 is 11.3 Å². The monoisotopic (exact) mass is 236 g/mol. The van der Waals surface area contributed by atoms with Crippen molar-refractivity contribution in [2.75, 3.05) is 0 Å². The van der Waals surface area contributed by atoms with E-state index < -0.39 is 0 Å². The highest BCUT2D eigenvalue weighted by Crippen LogP contribution is 2.29. The highest BCUT2D eigenvalue weighted by atomic mass is 32.1. The largest absolute Gasteiger partial charge is 0.352 e. The van der Waals surface area contributed by atoms with E-state index in [1.807, 2.05) is 12.3 Å². The van der Waals surface area contributed by atoms with Crippen LogP contribution in [0.1, 0.15) is 18.5 Å². The number of nitrogens with zero attached hydrogens (tertiary/aromatic N) is 4. The van der Waals surface area contributed by atoms with Crippen molar-refractivity contribution in [1.29, 1.82) is 0 Å². The Labute approximate surface area is 96.4 Å². The minimum atomic E-state index is -0.0822. The van der Waals surface area contributed by atoms with Gasteiger partial charge in [0, 0.05) is 11.9 Å². The van der Waals surface area contributed by atoms with Crippen LogP contribution in [0.15, 0.2) is 16.5 Å². The molecule has 0 radical (unpaired) electrons. The molecule has 0 aromatic carbocycles. The molecule has 0 amide bonds. The van der Waals surface area contributed by atoms with Crippen LogP contribution in [0, 0.1) is 12.8 Å². The molecular formula is C10H12N4OS. The summed E-state index contributed by atoms with van der Waals surface area (Å²) < 4.78 is 3.05. The zero-order valence-corrected chi connectivity index (χ0v) is 9.78. The molecule has 0 bridgehead atoms. The molecule has 1 saturated carbocycles. The fraction of sp³-hybridized carbons (Fsp3) is 0.500. The number of aromatic nitrogens is 4. The molecular weight excluding hydrogens is 224 g/mol. The van der Waals surface area contributed by atoms with Crippen molar-refractivity contribution in [2.45, 2.75) is 26.3 Å². The molecule has 1 aliphatic rings. The summed E-state index contributed by atoms with van der Waals surface area (Å²) in [6.07, 6.45) is 3.99. The van der Waals surface area contributed by atoms with Crippen LogP contribution in [0.2, 0.25) is 0 Å². The molecule has 16 heavy (non-hydrogen) atoms. The number of hydrogen-bond acceptors (Lipinski definition) is 4. The average Bonchev–Trinajstić information content (AvgIpc) is 2.87. The Morgan fingerprint density at radius 3 is 3.00 bits per heavy atom. The van der Waals surface area contributed by atoms with Gasteiger partial charge in [-0.05, 0) is 25.7 Å². The third-order valence-corrected chi connectivity index (χ3v) is 3.63. The highest BCUT2D eigenvalue weighted by molar-refractivity contribution is 7.12. The Kier molecular flexibility index (Phi) is 2.17. The lowest BCUT2D eigenvalue weighted by molar-refractivity contribution is 0.542. The smallest absolute Gasteiger partial charge is 0.245 e. The first kappa shape index (κ1) is 9.77. The van der Waals surface area contributed by atoms with Gasteiger partial charge < -0.3 is 0 Å². The molecule has 6 heteroatoms. The summed E-state index contributed by atoms with van der Waals surface area (Å²) in [7, 11) is 0. The minimum absolute atomic E-state index is 0.0822. The Hall–Kier alpha value is -1.43. The summed E-state index contributed by atoms with van der Waals surface area (Å²) in [5.74, 6) is 0.652. The average molecular weight is 236 g/mol. The lowest BCUT2D eigenvalue weighted by atomic mass is 10.4. The van der Waals surface area contributed by atoms with Gasteiger partial charge in [-0.1, -0.05) is 0 Å². The van der Waals surface area contributed by atoms with Crippen molar-refractivity contribution < 1.29 is 0 Å². The second kappa shape index (κ2) is 3.55. The second-order valence-corrected chi connectivity index (χ2v) is 5.02. The Morgan fingerprint density at radius 1 is 1.56 bits per heavy atom. The molecule has 5 nitrogen and oxygen atoms in total. The minimum Gasteiger partial charge on any atom is -0.245 e. The topological polar surface area (TPSA) is 52.7 Å². The molecule has 3 rings (SSSR count). The van der Waals surface area contributed by atoms with E-state index in [1.54, 1.807) is 6.33 Å². The van der Waals surface area contributed by atoms with Crippen LogP contribution in [-0.2, 0) is 6.54 Å². The molecule has 2 heterocycles. The third kappa shape index (κ3) is 1.69. The molecule has 0 aliphatic heterocycles. The third-order valence-electron chi connectivity index (χ3n) is 2.67. The van der Waals surface area contributed by atoms with E-state index in [2.05, 4.69) is 10.1 Å². The number of rotatable bonds is 3. The molecule has 2 aromatic heterocycles. The van der Waals surface area contributed by atoms with E-state index in [1.165, 1.54) is 33.4 Å². The van der Waals surface area contributed by atoms with Crippen molar-refractivity contribution in [3.63, 3.8) is 0 Å². The fourth-order valence-corrected chi connectivity index (χ4v) is 2.35. The lowest BCUT2D eigenvalue weighted by Gasteiger charge is -1.95. The van der Waals surface area contributed by atoms with Gasteiger partial charge in [0.05, 0.1) is 5.69 Å². The fourth-order valence-electron chi connectivity index (χ4n) is 1.59. The van der Waals surface area contributed by atoms with E-state index in [9.17, 15) is 4.79 Å². The van der Waals surface area contributed by atoms with Gasteiger partial charge in [0.2, 0.25) is 0 Å². The summed E-state index contributed by atoms with van der Waals surface area (Å²) in [4.78, 5) is 16.3. The maximum atomic E-state index is 12.0. The van der Waals surface area contributed by atoms with Crippen LogP contribution in [0.5, 0.6) is 0 Å². The van der Waals surface area contributed by atoms with Gasteiger partial charge in [-0.3, -0.25) is 0 Å². The molecule has 0 N–H and O–H groups in total. The van der Waals surface area contributed by atoms with Gasteiger partial charge in [0.1, 0.15) is 6.33 Å². The van der Waals surface area contributed by atoms with E-state index in [-0.39, 0.29) is 5.69 Å². The van der Waals surface area contributed by atoms with Crippen LogP contribution < -0.4 is 5.69 Å². The van der Waals surface area contributed by atoms with Crippen molar-refractivity contribution in [3.05, 3.63) is 27.9 Å². The number of thiazole rings is 1. The molecule has 84 valence electrons. The first-order valence-electron chi connectivity index (χ1n) is 5.31. The number of hydrogen-bond donors (Lipinski definition) is 0. The van der Waals surface area contributed by atoms with Gasteiger partial charge in [0.25, 0.3) is 0 Å². The van der Waals surface area contributed by atoms with Crippen LogP contribution in [0.25, 0.3) is 5.13 Å². The summed E-state index contributed by atoms with van der Waals surface area (Å²) in [6.45, 7) is 2.66. The van der Waals surface area contributed by atoms with E-state index >= 15 is 0 Å². The molecule has 1 aliphatic carbocycles. The van der Waals surface area contributed by atoms with Crippen LogP contribution in [0.4, 0.5) is 0 Å². The van der Waals surface area contributed by atoms with Crippen molar-refractivity contribution in [3.8, 4) is 5.13 Å². The second-order valence-electron chi connectivity index (χ2n) is 4.18. The van der Waals surface area contributed by atoms with Crippen LogP contribution >= 0.6 is 11.3 Å². The predicted molar refractivity (Wildman–Crippen MR) is 61.0 cm³/mol. The normalized spacial score (nSPS) is 15.6. The molecule has 0 saturated heterocycles. The van der Waals surface area contributed by atoms with Crippen molar-refractivity contribution in [2.24, 2.45) is 5.92 Å². The van der Waals surface area contributed by atoms with Gasteiger partial charge in [-0.15, -0.1) is 11.3 Å². The first-order valence-corrected chi connectivity index (χ1v) is 6.19. The molecule has 0 unspecified atom stereocenters. The Bertz CT molecular complexity index is 563. The summed E-state index contributed by atoms with van der Waals surface area (Å²) in [5, 5.41) is 6.74. The highest BCUT2D eigenvalue weighted by Gasteiger charge is 2.23. The van der Waals surface area contributed by atoms with Gasteiger partial charge in [-0.2, -0.15) is 5.10 Å². The molecule has 2 aromatic rings. The van der Waals surface area contributed by atoms with E-state index in [0.717, 1.165) is 12.2 Å². The molecule has 0 atom stereocenters. The van der Waals surface area contributed by atoms with Crippen LogP contribution in [-0.4, -0.2) is 19.3 Å². The zero-order chi connectivity index (χ0) is 11.1. The Morgan fingerprint density at radius 2 is 2.38 bits per heavy atom. The molecule has 0 spiro atoms. The maximum absolute atomic E-state index is 12.0. The van der Waals surface area contributed by atoms with Gasteiger partial charge in [0.15, 0.2) is 5.13 Å². The van der Waals surface area contributed by atoms with Crippen LogP contribution in [0.3, 0.4) is 0 Å². The number of aryl methyl sites for hydroxylation is 1.